The lowest BCUT2D eigenvalue weighted by Crippen LogP contribution is -2.38. The highest BCUT2D eigenvalue weighted by Crippen LogP contribution is 2.20. The van der Waals surface area contributed by atoms with Crippen molar-refractivity contribution >= 4 is 11.6 Å². The Morgan fingerprint density at radius 1 is 1.29 bits per heavy atom. The van der Waals surface area contributed by atoms with Crippen molar-refractivity contribution in [3.05, 3.63) is 42.2 Å². The quantitative estimate of drug-likeness (QED) is 0.841. The van der Waals surface area contributed by atoms with Gasteiger partial charge in [-0.25, -0.2) is 0 Å². The normalized spacial score (nSPS) is 22.1. The van der Waals surface area contributed by atoms with E-state index in [0.717, 1.165) is 57.5 Å². The van der Waals surface area contributed by atoms with Crippen molar-refractivity contribution in [3.63, 3.8) is 0 Å². The van der Waals surface area contributed by atoms with E-state index in [2.05, 4.69) is 40.6 Å². The summed E-state index contributed by atoms with van der Waals surface area (Å²) < 4.78 is 5.59. The summed E-state index contributed by atoms with van der Waals surface area (Å²) in [6.45, 7) is 3.63. The number of piperidine rings is 1. The van der Waals surface area contributed by atoms with Crippen molar-refractivity contribution in [1.82, 2.24) is 4.90 Å². The van der Waals surface area contributed by atoms with E-state index < -0.39 is 0 Å². The van der Waals surface area contributed by atoms with Gasteiger partial charge < -0.3 is 15.8 Å². The van der Waals surface area contributed by atoms with Crippen molar-refractivity contribution in [2.45, 2.75) is 38.3 Å². The van der Waals surface area contributed by atoms with Crippen molar-refractivity contribution in [2.24, 2.45) is 11.7 Å². The molecule has 130 valence electrons. The van der Waals surface area contributed by atoms with Gasteiger partial charge in [0.15, 0.2) is 0 Å². The number of rotatable bonds is 6. The Morgan fingerprint density at radius 3 is 2.83 bits per heavy atom. The molecule has 5 nitrogen and oxygen atoms in total. The number of carbonyl (C=O) groups is 1. The lowest BCUT2D eigenvalue weighted by Gasteiger charge is -2.30. The first-order valence-corrected chi connectivity index (χ1v) is 8.85. The Morgan fingerprint density at radius 2 is 2.12 bits per heavy atom. The molecule has 0 saturated carbocycles. The molecule has 0 spiro atoms. The third-order valence-electron chi connectivity index (χ3n) is 4.88. The highest BCUT2D eigenvalue weighted by atomic mass is 16.5. The van der Waals surface area contributed by atoms with Crippen molar-refractivity contribution in [2.75, 3.05) is 25.0 Å². The summed E-state index contributed by atoms with van der Waals surface area (Å²) in [5.41, 5.74) is 7.83. The van der Waals surface area contributed by atoms with Crippen LogP contribution in [0.2, 0.25) is 0 Å². The fourth-order valence-electron chi connectivity index (χ4n) is 3.38. The fraction of sp³-hybridized carbons (Fsp3) is 0.526. The van der Waals surface area contributed by atoms with Crippen LogP contribution in [0.4, 0.5) is 5.69 Å². The van der Waals surface area contributed by atoms with Gasteiger partial charge in [0.05, 0.1) is 12.8 Å². The third-order valence-corrected chi connectivity index (χ3v) is 4.88. The minimum absolute atomic E-state index is 0.0544. The molecule has 0 aromatic heterocycles. The number of amides is 1. The first-order chi connectivity index (χ1) is 11.7. The van der Waals surface area contributed by atoms with E-state index >= 15 is 0 Å². The van der Waals surface area contributed by atoms with Gasteiger partial charge in [-0.1, -0.05) is 12.1 Å². The van der Waals surface area contributed by atoms with Gasteiger partial charge in [0.25, 0.3) is 0 Å². The molecule has 1 aromatic carbocycles. The van der Waals surface area contributed by atoms with Crippen LogP contribution in [-0.4, -0.2) is 36.5 Å². The maximum Gasteiger partial charge on any atom is 0.220 e. The molecule has 3 N–H and O–H groups in total. The molecular formula is C19H27N3O2. The minimum atomic E-state index is -0.152. The van der Waals surface area contributed by atoms with Crippen molar-refractivity contribution < 1.29 is 9.53 Å². The molecular weight excluding hydrogens is 302 g/mol. The van der Waals surface area contributed by atoms with Gasteiger partial charge in [0.2, 0.25) is 5.91 Å². The Bertz CT molecular complexity index is 580. The molecule has 0 bridgehead atoms. The monoisotopic (exact) mass is 329 g/mol. The molecule has 0 aliphatic carbocycles. The number of allylic oxidation sites excluding steroid dienone is 1. The fourth-order valence-corrected chi connectivity index (χ4v) is 3.38. The number of nitrogens with zero attached hydrogens (tertiary/aromatic N) is 1. The van der Waals surface area contributed by atoms with Gasteiger partial charge in [0.1, 0.15) is 6.10 Å². The zero-order valence-electron chi connectivity index (χ0n) is 14.1. The molecule has 24 heavy (non-hydrogen) atoms. The van der Waals surface area contributed by atoms with Gasteiger partial charge in [-0.2, -0.15) is 0 Å². The van der Waals surface area contributed by atoms with E-state index in [1.165, 1.54) is 5.56 Å². The summed E-state index contributed by atoms with van der Waals surface area (Å²) in [5, 5.41) is 3.48. The Balaban J connectivity index is 1.48. The maximum atomic E-state index is 11.2. The standard InChI is InChI=1S/C19H27N3O2/c20-19(23)16-7-9-22(10-8-16)14-15-4-3-5-17(12-15)21-13-18-6-1-2-11-24-18/h2-5,11-12,16,18,21H,1,6-10,13-14H2,(H2,20,23)/t18-/m1/s1. The predicted molar refractivity (Wildman–Crippen MR) is 95.4 cm³/mol. The maximum absolute atomic E-state index is 11.2. The predicted octanol–water partition coefficient (Wildman–Crippen LogP) is 2.49. The van der Waals surface area contributed by atoms with Crippen LogP contribution in [0.5, 0.6) is 0 Å². The van der Waals surface area contributed by atoms with E-state index in [1.54, 1.807) is 0 Å². The molecule has 5 heteroatoms. The number of primary amides is 1. The SMILES string of the molecule is NC(=O)C1CCN(Cc2cccc(NC[C@H]3CCC=CO3)c2)CC1. The van der Waals surface area contributed by atoms with E-state index in [-0.39, 0.29) is 17.9 Å². The summed E-state index contributed by atoms with van der Waals surface area (Å²) in [4.78, 5) is 13.6. The number of carbonyl (C=O) groups excluding carboxylic acids is 1. The largest absolute Gasteiger partial charge is 0.497 e. The summed E-state index contributed by atoms with van der Waals surface area (Å²) in [7, 11) is 0. The highest BCUT2D eigenvalue weighted by molar-refractivity contribution is 5.76. The molecule has 1 aromatic rings. The number of likely N-dealkylation sites (tertiary alicyclic amines) is 1. The summed E-state index contributed by atoms with van der Waals surface area (Å²) in [5.74, 6) is -0.0978. The van der Waals surface area contributed by atoms with Gasteiger partial charge >= 0.3 is 0 Å². The Labute approximate surface area is 143 Å². The zero-order chi connectivity index (χ0) is 16.8. The molecule has 0 radical (unpaired) electrons. The Kier molecular flexibility index (Phi) is 5.75. The molecule has 1 saturated heterocycles. The van der Waals surface area contributed by atoms with Gasteiger partial charge in [0, 0.05) is 18.2 Å². The van der Waals surface area contributed by atoms with Crippen LogP contribution in [0.25, 0.3) is 0 Å². The Hall–Kier alpha value is -2.01. The topological polar surface area (TPSA) is 67.6 Å². The zero-order valence-corrected chi connectivity index (χ0v) is 14.1. The molecule has 2 aliphatic heterocycles. The van der Waals surface area contributed by atoms with Crippen molar-refractivity contribution in [3.8, 4) is 0 Å². The van der Waals surface area contributed by atoms with Crippen LogP contribution >= 0.6 is 0 Å². The minimum Gasteiger partial charge on any atom is -0.497 e. The van der Waals surface area contributed by atoms with Crippen molar-refractivity contribution in [1.29, 1.82) is 0 Å². The number of nitrogens with one attached hydrogen (secondary N) is 1. The van der Waals surface area contributed by atoms with Crippen LogP contribution in [0.3, 0.4) is 0 Å². The number of benzene rings is 1. The van der Waals surface area contributed by atoms with E-state index in [1.807, 2.05) is 6.26 Å². The number of hydrogen-bond donors (Lipinski definition) is 2. The van der Waals surface area contributed by atoms with E-state index in [9.17, 15) is 4.79 Å². The second-order valence-electron chi connectivity index (χ2n) is 6.74. The summed E-state index contributed by atoms with van der Waals surface area (Å²) in [6, 6.07) is 8.56. The number of ether oxygens (including phenoxy) is 1. The number of nitrogens with two attached hydrogens (primary N) is 1. The van der Waals surface area contributed by atoms with Crippen LogP contribution in [0.15, 0.2) is 36.6 Å². The number of hydrogen-bond acceptors (Lipinski definition) is 4. The van der Waals surface area contributed by atoms with Crippen LogP contribution in [-0.2, 0) is 16.1 Å². The molecule has 1 amide bonds. The summed E-state index contributed by atoms with van der Waals surface area (Å²) >= 11 is 0. The number of anilines is 1. The third kappa shape index (κ3) is 4.74. The van der Waals surface area contributed by atoms with E-state index in [0.29, 0.717) is 0 Å². The highest BCUT2D eigenvalue weighted by Gasteiger charge is 2.22. The summed E-state index contributed by atoms with van der Waals surface area (Å²) in [6.07, 6.45) is 8.04. The molecule has 3 rings (SSSR count). The molecule has 0 unspecified atom stereocenters. The van der Waals surface area contributed by atoms with Gasteiger partial charge in [-0.3, -0.25) is 9.69 Å². The van der Waals surface area contributed by atoms with Crippen LogP contribution < -0.4 is 11.1 Å². The molecule has 2 heterocycles. The smallest absolute Gasteiger partial charge is 0.220 e. The average Bonchev–Trinajstić information content (AvgIpc) is 2.62. The second kappa shape index (κ2) is 8.20. The van der Waals surface area contributed by atoms with Crippen LogP contribution in [0.1, 0.15) is 31.2 Å². The lowest BCUT2D eigenvalue weighted by atomic mass is 9.96. The first kappa shape index (κ1) is 16.8. The lowest BCUT2D eigenvalue weighted by molar-refractivity contribution is -0.123. The van der Waals surface area contributed by atoms with Gasteiger partial charge in [-0.05, 0) is 62.5 Å². The first-order valence-electron chi connectivity index (χ1n) is 8.85. The van der Waals surface area contributed by atoms with E-state index in [4.69, 9.17) is 10.5 Å². The van der Waals surface area contributed by atoms with Crippen LogP contribution in [0, 0.1) is 5.92 Å². The molecule has 1 atom stereocenters. The van der Waals surface area contributed by atoms with Gasteiger partial charge in [-0.15, -0.1) is 0 Å². The molecule has 2 aliphatic rings. The molecule has 1 fully saturated rings. The second-order valence-corrected chi connectivity index (χ2v) is 6.74. The average molecular weight is 329 g/mol.